The minimum Gasteiger partial charge on any atom is -0.484 e. The van der Waals surface area contributed by atoms with Gasteiger partial charge in [-0.15, -0.1) is 0 Å². The molecule has 1 N–H and O–H groups in total. The zero-order chi connectivity index (χ0) is 17.7. The van der Waals surface area contributed by atoms with E-state index in [4.69, 9.17) is 4.74 Å². The Morgan fingerprint density at radius 3 is 2.29 bits per heavy atom. The topological polar surface area (TPSA) is 81.5 Å². The van der Waals surface area contributed by atoms with Crippen molar-refractivity contribution < 1.29 is 14.5 Å². The van der Waals surface area contributed by atoms with Gasteiger partial charge in [0.25, 0.3) is 11.6 Å². The molecule has 0 heterocycles. The number of benzene rings is 1. The minimum atomic E-state index is -0.468. The van der Waals surface area contributed by atoms with Crippen LogP contribution in [0.3, 0.4) is 0 Å². The summed E-state index contributed by atoms with van der Waals surface area (Å²) in [5, 5.41) is 13.6. The van der Waals surface area contributed by atoms with Crippen molar-refractivity contribution in [2.24, 2.45) is 11.3 Å². The van der Waals surface area contributed by atoms with E-state index < -0.39 is 4.92 Å². The predicted molar refractivity (Wildman–Crippen MR) is 91.9 cm³/mol. The molecule has 1 amide bonds. The van der Waals surface area contributed by atoms with Crippen molar-refractivity contribution in [3.05, 3.63) is 34.4 Å². The van der Waals surface area contributed by atoms with E-state index in [-0.39, 0.29) is 24.2 Å². The molecule has 0 atom stereocenters. The highest BCUT2D eigenvalue weighted by atomic mass is 16.6. The van der Waals surface area contributed by atoms with Gasteiger partial charge in [0.05, 0.1) is 4.92 Å². The molecule has 2 rings (SSSR count). The van der Waals surface area contributed by atoms with Gasteiger partial charge in [-0.1, -0.05) is 20.8 Å². The smallest absolute Gasteiger partial charge is 0.269 e. The number of carbonyl (C=O) groups excluding carboxylic acids is 1. The number of carbonyl (C=O) groups is 1. The molecule has 1 aliphatic carbocycles. The summed E-state index contributed by atoms with van der Waals surface area (Å²) in [6.45, 7) is 6.74. The monoisotopic (exact) mass is 334 g/mol. The lowest BCUT2D eigenvalue weighted by Gasteiger charge is -2.37. The zero-order valence-electron chi connectivity index (χ0n) is 14.6. The number of non-ortho nitro benzene ring substituents is 1. The van der Waals surface area contributed by atoms with Crippen molar-refractivity contribution >= 4 is 11.6 Å². The van der Waals surface area contributed by atoms with Gasteiger partial charge < -0.3 is 10.1 Å². The first-order valence-electron chi connectivity index (χ1n) is 8.42. The van der Waals surface area contributed by atoms with Crippen LogP contribution in [0.1, 0.15) is 46.5 Å². The van der Waals surface area contributed by atoms with E-state index in [1.165, 1.54) is 24.3 Å². The summed E-state index contributed by atoms with van der Waals surface area (Å²) in [6.07, 6.45) is 4.28. The van der Waals surface area contributed by atoms with Crippen LogP contribution in [0.5, 0.6) is 5.75 Å². The molecule has 0 saturated heterocycles. The van der Waals surface area contributed by atoms with E-state index in [0.29, 0.717) is 17.1 Å². The highest BCUT2D eigenvalue weighted by Gasteiger charge is 2.30. The number of amides is 1. The van der Waals surface area contributed by atoms with E-state index in [9.17, 15) is 14.9 Å². The SMILES string of the molecule is CC(C)(C)C1CCC(NC(=O)COc2ccc([N+](=O)[O-])cc2)CC1. The molecule has 1 fully saturated rings. The molecule has 0 radical (unpaired) electrons. The van der Waals surface area contributed by atoms with Crippen molar-refractivity contribution in [3.63, 3.8) is 0 Å². The maximum atomic E-state index is 12.0. The fraction of sp³-hybridized carbons (Fsp3) is 0.611. The molecular weight excluding hydrogens is 308 g/mol. The van der Waals surface area contributed by atoms with Crippen LogP contribution in [-0.4, -0.2) is 23.5 Å². The Kier molecular flexibility index (Phi) is 5.80. The van der Waals surface area contributed by atoms with Crippen LogP contribution in [0.15, 0.2) is 24.3 Å². The number of hydrogen-bond donors (Lipinski definition) is 1. The van der Waals surface area contributed by atoms with E-state index in [2.05, 4.69) is 26.1 Å². The van der Waals surface area contributed by atoms with Gasteiger partial charge in [0.15, 0.2) is 6.61 Å². The number of nitro benzene ring substituents is 1. The summed E-state index contributed by atoms with van der Waals surface area (Å²) >= 11 is 0. The van der Waals surface area contributed by atoms with Crippen molar-refractivity contribution in [2.45, 2.75) is 52.5 Å². The first-order valence-corrected chi connectivity index (χ1v) is 8.42. The Bertz CT molecular complexity index is 570. The maximum absolute atomic E-state index is 12.0. The highest BCUT2D eigenvalue weighted by molar-refractivity contribution is 5.77. The molecule has 0 spiro atoms. The summed E-state index contributed by atoms with van der Waals surface area (Å²) in [5.74, 6) is 1.02. The maximum Gasteiger partial charge on any atom is 0.269 e. The quantitative estimate of drug-likeness (QED) is 0.657. The fourth-order valence-electron chi connectivity index (χ4n) is 3.19. The van der Waals surface area contributed by atoms with Gasteiger partial charge >= 0.3 is 0 Å². The number of hydrogen-bond acceptors (Lipinski definition) is 4. The second kappa shape index (κ2) is 7.64. The van der Waals surface area contributed by atoms with Gasteiger partial charge in [0.2, 0.25) is 0 Å². The molecule has 6 heteroatoms. The van der Waals surface area contributed by atoms with Crippen molar-refractivity contribution in [3.8, 4) is 5.75 Å². The molecule has 0 unspecified atom stereocenters. The summed E-state index contributed by atoms with van der Waals surface area (Å²) in [7, 11) is 0. The van der Waals surface area contributed by atoms with E-state index in [0.717, 1.165) is 25.7 Å². The Balaban J connectivity index is 1.73. The second-order valence-corrected chi connectivity index (χ2v) is 7.52. The molecular formula is C18H26N2O4. The Morgan fingerprint density at radius 2 is 1.79 bits per heavy atom. The van der Waals surface area contributed by atoms with Crippen LogP contribution in [-0.2, 0) is 4.79 Å². The Morgan fingerprint density at radius 1 is 1.21 bits per heavy atom. The lowest BCUT2D eigenvalue weighted by atomic mass is 9.71. The third-order valence-corrected chi connectivity index (χ3v) is 4.73. The molecule has 6 nitrogen and oxygen atoms in total. The molecule has 24 heavy (non-hydrogen) atoms. The summed E-state index contributed by atoms with van der Waals surface area (Å²) < 4.78 is 5.38. The van der Waals surface area contributed by atoms with Gasteiger partial charge in [-0.05, 0) is 49.1 Å². The second-order valence-electron chi connectivity index (χ2n) is 7.52. The van der Waals surface area contributed by atoms with Gasteiger partial charge in [0, 0.05) is 18.2 Å². The molecule has 1 saturated carbocycles. The molecule has 0 bridgehead atoms. The Hall–Kier alpha value is -2.11. The van der Waals surface area contributed by atoms with E-state index >= 15 is 0 Å². The third kappa shape index (κ3) is 5.22. The summed E-state index contributed by atoms with van der Waals surface area (Å²) in [5.41, 5.74) is 0.330. The molecule has 1 aromatic rings. The summed E-state index contributed by atoms with van der Waals surface area (Å²) in [6, 6.07) is 5.94. The first kappa shape index (κ1) is 18.2. The number of ether oxygens (including phenoxy) is 1. The minimum absolute atomic E-state index is 0.00223. The van der Waals surface area contributed by atoms with Crippen LogP contribution in [0.4, 0.5) is 5.69 Å². The van der Waals surface area contributed by atoms with Crippen LogP contribution in [0.2, 0.25) is 0 Å². The molecule has 1 aromatic carbocycles. The third-order valence-electron chi connectivity index (χ3n) is 4.73. The van der Waals surface area contributed by atoms with E-state index in [1.54, 1.807) is 0 Å². The standard InChI is InChI=1S/C18H26N2O4/c1-18(2,3)13-4-6-14(7-5-13)19-17(21)12-24-16-10-8-15(9-11-16)20(22)23/h8-11,13-14H,4-7,12H2,1-3H3,(H,19,21). The lowest BCUT2D eigenvalue weighted by Crippen LogP contribution is -2.41. The zero-order valence-corrected chi connectivity index (χ0v) is 14.6. The number of rotatable bonds is 5. The van der Waals surface area contributed by atoms with Crippen LogP contribution >= 0.6 is 0 Å². The number of nitrogens with one attached hydrogen (secondary N) is 1. The van der Waals surface area contributed by atoms with Crippen LogP contribution < -0.4 is 10.1 Å². The van der Waals surface area contributed by atoms with Crippen molar-refractivity contribution in [2.75, 3.05) is 6.61 Å². The predicted octanol–water partition coefficient (Wildman–Crippen LogP) is 3.69. The highest BCUT2D eigenvalue weighted by Crippen LogP contribution is 2.37. The van der Waals surface area contributed by atoms with Crippen LogP contribution in [0.25, 0.3) is 0 Å². The Labute approximate surface area is 142 Å². The van der Waals surface area contributed by atoms with Gasteiger partial charge in [0.1, 0.15) is 5.75 Å². The van der Waals surface area contributed by atoms with Crippen LogP contribution in [0, 0.1) is 21.4 Å². The summed E-state index contributed by atoms with van der Waals surface area (Å²) in [4.78, 5) is 22.1. The van der Waals surface area contributed by atoms with Crippen molar-refractivity contribution in [1.82, 2.24) is 5.32 Å². The largest absolute Gasteiger partial charge is 0.484 e. The lowest BCUT2D eigenvalue weighted by molar-refractivity contribution is -0.384. The molecule has 1 aliphatic rings. The van der Waals surface area contributed by atoms with E-state index in [1.807, 2.05) is 0 Å². The molecule has 0 aliphatic heterocycles. The van der Waals surface area contributed by atoms with Gasteiger partial charge in [-0.2, -0.15) is 0 Å². The average Bonchev–Trinajstić information content (AvgIpc) is 2.53. The van der Waals surface area contributed by atoms with Gasteiger partial charge in [-0.25, -0.2) is 0 Å². The molecule has 0 aromatic heterocycles. The fourth-order valence-corrected chi connectivity index (χ4v) is 3.19. The van der Waals surface area contributed by atoms with Gasteiger partial charge in [-0.3, -0.25) is 14.9 Å². The normalized spacial score (nSPS) is 21.1. The number of nitrogens with zero attached hydrogens (tertiary/aromatic N) is 1. The first-order chi connectivity index (χ1) is 11.3. The average molecular weight is 334 g/mol. The number of nitro groups is 1. The van der Waals surface area contributed by atoms with Crippen molar-refractivity contribution in [1.29, 1.82) is 0 Å². The molecule has 132 valence electrons.